The first-order valence-electron chi connectivity index (χ1n) is 10.2. The highest BCUT2D eigenvalue weighted by atomic mass is 35.5. The summed E-state index contributed by atoms with van der Waals surface area (Å²) in [5, 5.41) is 3.50. The summed E-state index contributed by atoms with van der Waals surface area (Å²) < 4.78 is 38.5. The Morgan fingerprint density at radius 3 is 2.47 bits per heavy atom. The summed E-state index contributed by atoms with van der Waals surface area (Å²) in [6.07, 6.45) is 2.51. The Bertz CT molecular complexity index is 1170. The average Bonchev–Trinajstić information content (AvgIpc) is 3.33. The number of hydrogen-bond acceptors (Lipinski definition) is 5. The Morgan fingerprint density at radius 1 is 1.03 bits per heavy atom. The smallest absolute Gasteiger partial charge is 0.241 e. The van der Waals surface area contributed by atoms with Gasteiger partial charge in [0.15, 0.2) is 0 Å². The lowest BCUT2D eigenvalue weighted by Crippen LogP contribution is -2.44. The van der Waals surface area contributed by atoms with Crippen LogP contribution < -0.4 is 10.0 Å². The van der Waals surface area contributed by atoms with Gasteiger partial charge in [-0.25, -0.2) is 13.1 Å². The van der Waals surface area contributed by atoms with E-state index in [9.17, 15) is 13.2 Å². The average molecular weight is 475 g/mol. The van der Waals surface area contributed by atoms with Crippen LogP contribution >= 0.6 is 11.6 Å². The van der Waals surface area contributed by atoms with Crippen molar-refractivity contribution in [2.24, 2.45) is 0 Å². The largest absolute Gasteiger partial charge is 0.468 e. The second kappa shape index (κ2) is 9.46. The minimum atomic E-state index is -3.79. The van der Waals surface area contributed by atoms with Gasteiger partial charge in [-0.3, -0.25) is 4.79 Å². The maximum atomic E-state index is 13.4. The Hall–Kier alpha value is -2.65. The van der Waals surface area contributed by atoms with Crippen LogP contribution in [0.4, 0.5) is 5.69 Å². The Labute approximate surface area is 191 Å². The molecule has 1 aliphatic heterocycles. The standard InChI is InChI=1S/C23H23ClN2O5S/c24-18-8-6-17(7-9-18)23(10-13-30-14-11-23)22(27)26-19-3-1-5-21(15-19)32(28,29)25-16-20-4-2-12-31-20/h1-9,12,15,25H,10-11,13-14,16H2,(H,26,27). The SMILES string of the molecule is O=C(Nc1cccc(S(=O)(=O)NCc2ccco2)c1)C1(c2ccc(Cl)cc2)CCOCC1. The number of benzene rings is 2. The molecule has 0 radical (unpaired) electrons. The molecule has 0 spiro atoms. The minimum Gasteiger partial charge on any atom is -0.468 e. The lowest BCUT2D eigenvalue weighted by molar-refractivity contribution is -0.125. The summed E-state index contributed by atoms with van der Waals surface area (Å²) in [6.45, 7) is 0.952. The third-order valence-electron chi connectivity index (χ3n) is 5.60. The second-order valence-electron chi connectivity index (χ2n) is 7.59. The van der Waals surface area contributed by atoms with Gasteiger partial charge in [0.05, 0.1) is 23.1 Å². The number of furan rings is 1. The van der Waals surface area contributed by atoms with Crippen LogP contribution in [-0.4, -0.2) is 27.5 Å². The molecule has 1 fully saturated rings. The highest BCUT2D eigenvalue weighted by molar-refractivity contribution is 7.89. The first kappa shape index (κ1) is 22.5. The zero-order valence-corrected chi connectivity index (χ0v) is 18.8. The molecule has 1 saturated heterocycles. The van der Waals surface area contributed by atoms with Crippen molar-refractivity contribution in [2.75, 3.05) is 18.5 Å². The van der Waals surface area contributed by atoms with Crippen molar-refractivity contribution < 1.29 is 22.4 Å². The van der Waals surface area contributed by atoms with Gasteiger partial charge in [-0.05, 0) is 60.9 Å². The summed E-state index contributed by atoms with van der Waals surface area (Å²) in [7, 11) is -3.79. The summed E-state index contributed by atoms with van der Waals surface area (Å²) in [5.41, 5.74) is 0.470. The molecule has 0 aliphatic carbocycles. The molecule has 7 nitrogen and oxygen atoms in total. The van der Waals surface area contributed by atoms with Gasteiger partial charge >= 0.3 is 0 Å². The highest BCUT2D eigenvalue weighted by Gasteiger charge is 2.41. The van der Waals surface area contributed by atoms with Crippen LogP contribution in [-0.2, 0) is 31.5 Å². The normalized spacial score (nSPS) is 15.9. The van der Waals surface area contributed by atoms with E-state index in [2.05, 4.69) is 10.0 Å². The fourth-order valence-electron chi connectivity index (χ4n) is 3.79. The Morgan fingerprint density at radius 2 is 1.78 bits per heavy atom. The molecule has 0 unspecified atom stereocenters. The monoisotopic (exact) mass is 474 g/mol. The van der Waals surface area contributed by atoms with Crippen LogP contribution in [0.25, 0.3) is 0 Å². The molecule has 3 aromatic rings. The van der Waals surface area contributed by atoms with Crippen LogP contribution in [0.5, 0.6) is 0 Å². The van der Waals surface area contributed by atoms with E-state index in [1.54, 1.807) is 36.4 Å². The summed E-state index contributed by atoms with van der Waals surface area (Å²) in [6, 6.07) is 16.8. The summed E-state index contributed by atoms with van der Waals surface area (Å²) >= 11 is 6.03. The number of halogens is 1. The summed E-state index contributed by atoms with van der Waals surface area (Å²) in [4.78, 5) is 13.5. The molecule has 2 aromatic carbocycles. The number of anilines is 1. The summed E-state index contributed by atoms with van der Waals surface area (Å²) in [5.74, 6) is 0.295. The molecule has 2 heterocycles. The number of hydrogen-bond donors (Lipinski definition) is 2. The van der Waals surface area contributed by atoms with Gasteiger partial charge in [-0.2, -0.15) is 0 Å². The zero-order chi connectivity index (χ0) is 22.6. The van der Waals surface area contributed by atoms with Crippen molar-refractivity contribution in [3.8, 4) is 0 Å². The zero-order valence-electron chi connectivity index (χ0n) is 17.2. The van der Waals surface area contributed by atoms with E-state index < -0.39 is 15.4 Å². The molecule has 168 valence electrons. The van der Waals surface area contributed by atoms with E-state index in [0.29, 0.717) is 42.5 Å². The van der Waals surface area contributed by atoms with Gasteiger partial charge in [0.1, 0.15) is 5.76 Å². The fourth-order valence-corrected chi connectivity index (χ4v) is 4.95. The number of nitrogens with one attached hydrogen (secondary N) is 2. The fraction of sp³-hybridized carbons (Fsp3) is 0.261. The van der Waals surface area contributed by atoms with Crippen molar-refractivity contribution in [3.05, 3.63) is 83.3 Å². The Kier molecular flexibility index (Phi) is 6.66. The molecule has 2 N–H and O–H groups in total. The molecule has 0 saturated carbocycles. The number of ether oxygens (including phenoxy) is 1. The molecular weight excluding hydrogens is 452 g/mol. The van der Waals surface area contributed by atoms with Crippen molar-refractivity contribution >= 4 is 33.2 Å². The highest BCUT2D eigenvalue weighted by Crippen LogP contribution is 2.37. The van der Waals surface area contributed by atoms with Gasteiger partial charge in [0.25, 0.3) is 0 Å². The van der Waals surface area contributed by atoms with Crippen LogP contribution in [0, 0.1) is 0 Å². The van der Waals surface area contributed by atoms with Crippen LogP contribution in [0.1, 0.15) is 24.2 Å². The van der Waals surface area contributed by atoms with Gasteiger partial charge in [-0.15, -0.1) is 0 Å². The maximum absolute atomic E-state index is 13.4. The predicted molar refractivity (Wildman–Crippen MR) is 121 cm³/mol. The molecule has 0 bridgehead atoms. The second-order valence-corrected chi connectivity index (χ2v) is 9.79. The van der Waals surface area contributed by atoms with E-state index in [-0.39, 0.29) is 17.3 Å². The first-order valence-corrected chi connectivity index (χ1v) is 12.0. The Balaban J connectivity index is 1.55. The molecule has 1 aromatic heterocycles. The molecule has 32 heavy (non-hydrogen) atoms. The van der Waals surface area contributed by atoms with E-state index in [4.69, 9.17) is 20.8 Å². The maximum Gasteiger partial charge on any atom is 0.241 e. The predicted octanol–water partition coefficient (Wildman–Crippen LogP) is 4.10. The van der Waals surface area contributed by atoms with Gasteiger partial charge in [-0.1, -0.05) is 29.8 Å². The molecule has 4 rings (SSSR count). The topological polar surface area (TPSA) is 97.6 Å². The third-order valence-corrected chi connectivity index (χ3v) is 7.25. The number of rotatable bonds is 7. The molecule has 1 aliphatic rings. The number of carbonyl (C=O) groups is 1. The lowest BCUT2D eigenvalue weighted by atomic mass is 9.73. The van der Waals surface area contributed by atoms with E-state index >= 15 is 0 Å². The van der Waals surface area contributed by atoms with E-state index in [0.717, 1.165) is 5.56 Å². The molecule has 0 atom stereocenters. The van der Waals surface area contributed by atoms with Crippen LogP contribution in [0.15, 0.2) is 76.2 Å². The number of carbonyl (C=O) groups excluding carboxylic acids is 1. The molecule has 1 amide bonds. The molecular formula is C23H23ClN2O5S. The van der Waals surface area contributed by atoms with Crippen molar-refractivity contribution in [1.82, 2.24) is 4.72 Å². The quantitative estimate of drug-likeness (QED) is 0.537. The number of amides is 1. The number of sulfonamides is 1. The van der Waals surface area contributed by atoms with Crippen molar-refractivity contribution in [1.29, 1.82) is 0 Å². The first-order chi connectivity index (χ1) is 15.4. The van der Waals surface area contributed by atoms with E-state index in [1.165, 1.54) is 18.4 Å². The van der Waals surface area contributed by atoms with Gasteiger partial charge < -0.3 is 14.5 Å². The van der Waals surface area contributed by atoms with Crippen LogP contribution in [0.3, 0.4) is 0 Å². The van der Waals surface area contributed by atoms with Crippen molar-refractivity contribution in [3.63, 3.8) is 0 Å². The third kappa shape index (κ3) is 4.88. The van der Waals surface area contributed by atoms with Crippen LogP contribution in [0.2, 0.25) is 5.02 Å². The van der Waals surface area contributed by atoms with Gasteiger partial charge in [0, 0.05) is 23.9 Å². The lowest BCUT2D eigenvalue weighted by Gasteiger charge is -2.36. The van der Waals surface area contributed by atoms with Gasteiger partial charge in [0.2, 0.25) is 15.9 Å². The molecule has 9 heteroatoms. The van der Waals surface area contributed by atoms with E-state index in [1.807, 2.05) is 12.1 Å². The minimum absolute atomic E-state index is 0.0333. The van der Waals surface area contributed by atoms with Crippen molar-refractivity contribution in [2.45, 2.75) is 29.7 Å².